The number of carbonyl (C=O) groups is 1. The number of aromatic nitrogens is 1. The third-order valence-electron chi connectivity index (χ3n) is 4.67. The topological polar surface area (TPSA) is 25.2 Å². The molecular formula is C22H26N2O. The fraction of sp³-hybridized carbons (Fsp3) is 0.318. The monoisotopic (exact) mass is 334 g/mol. The summed E-state index contributed by atoms with van der Waals surface area (Å²) in [7, 11) is 4.15. The lowest BCUT2D eigenvalue weighted by Crippen LogP contribution is -2.20. The van der Waals surface area contributed by atoms with E-state index in [4.69, 9.17) is 0 Å². The van der Waals surface area contributed by atoms with Crippen LogP contribution in [-0.4, -0.2) is 36.0 Å². The third kappa shape index (κ3) is 3.99. The van der Waals surface area contributed by atoms with Gasteiger partial charge in [-0.05, 0) is 44.1 Å². The normalized spacial score (nSPS) is 12.6. The van der Waals surface area contributed by atoms with E-state index < -0.39 is 0 Å². The number of hydrogen-bond acceptors (Lipinski definition) is 2. The third-order valence-corrected chi connectivity index (χ3v) is 4.67. The van der Waals surface area contributed by atoms with Crippen LogP contribution in [-0.2, 0) is 12.8 Å². The van der Waals surface area contributed by atoms with Crippen molar-refractivity contribution in [1.29, 1.82) is 0 Å². The second kappa shape index (κ2) is 7.66. The van der Waals surface area contributed by atoms with Crippen molar-refractivity contribution >= 4 is 16.8 Å². The van der Waals surface area contributed by atoms with Crippen LogP contribution in [0.4, 0.5) is 0 Å². The van der Waals surface area contributed by atoms with Crippen LogP contribution < -0.4 is 0 Å². The van der Waals surface area contributed by atoms with Crippen molar-refractivity contribution in [2.75, 3.05) is 20.6 Å². The molecule has 3 aromatic rings. The molecular weight excluding hydrogens is 308 g/mol. The van der Waals surface area contributed by atoms with Gasteiger partial charge < -0.3 is 4.90 Å². The molecule has 0 N–H and O–H groups in total. The molecule has 0 amide bonds. The number of para-hydroxylation sites is 1. The van der Waals surface area contributed by atoms with E-state index in [0.29, 0.717) is 0 Å². The van der Waals surface area contributed by atoms with Crippen molar-refractivity contribution < 1.29 is 4.79 Å². The van der Waals surface area contributed by atoms with E-state index in [9.17, 15) is 4.79 Å². The maximum absolute atomic E-state index is 13.1. The maximum Gasteiger partial charge on any atom is 0.234 e. The van der Waals surface area contributed by atoms with Gasteiger partial charge in [0, 0.05) is 24.0 Å². The zero-order valence-corrected chi connectivity index (χ0v) is 15.3. The van der Waals surface area contributed by atoms with Gasteiger partial charge in [-0.3, -0.25) is 9.36 Å². The molecule has 0 fully saturated rings. The number of carbonyl (C=O) groups excluding carboxylic acids is 1. The zero-order valence-electron chi connectivity index (χ0n) is 15.3. The molecule has 0 saturated heterocycles. The van der Waals surface area contributed by atoms with Crippen LogP contribution in [0.15, 0.2) is 60.8 Å². The fourth-order valence-corrected chi connectivity index (χ4v) is 3.27. The Morgan fingerprint density at radius 3 is 2.44 bits per heavy atom. The lowest BCUT2D eigenvalue weighted by Gasteiger charge is -2.12. The molecule has 1 aromatic heterocycles. The predicted octanol–water partition coefficient (Wildman–Crippen LogP) is 4.26. The molecule has 3 nitrogen and oxygen atoms in total. The highest BCUT2D eigenvalue weighted by Gasteiger charge is 2.19. The van der Waals surface area contributed by atoms with Gasteiger partial charge in [0.05, 0.1) is 5.52 Å². The molecule has 0 saturated carbocycles. The van der Waals surface area contributed by atoms with Gasteiger partial charge in [-0.15, -0.1) is 0 Å². The minimum atomic E-state index is -0.0556. The molecule has 3 heteroatoms. The molecule has 1 heterocycles. The van der Waals surface area contributed by atoms with Gasteiger partial charge in [0.1, 0.15) is 0 Å². The molecule has 0 radical (unpaired) electrons. The first-order valence-electron chi connectivity index (χ1n) is 8.88. The number of hydrogen-bond donors (Lipinski definition) is 0. The number of likely N-dealkylation sites (N-methyl/N-ethyl adjacent to an activating group) is 1. The van der Waals surface area contributed by atoms with Crippen LogP contribution in [0.3, 0.4) is 0 Å². The van der Waals surface area contributed by atoms with E-state index in [1.165, 1.54) is 16.5 Å². The summed E-state index contributed by atoms with van der Waals surface area (Å²) in [5.41, 5.74) is 3.46. The molecule has 1 atom stereocenters. The molecule has 130 valence electrons. The Kier molecular flexibility index (Phi) is 5.34. The van der Waals surface area contributed by atoms with Gasteiger partial charge in [0.2, 0.25) is 5.91 Å². The lowest BCUT2D eigenvalue weighted by molar-refractivity contribution is 0.0850. The van der Waals surface area contributed by atoms with Crippen molar-refractivity contribution in [3.05, 3.63) is 71.9 Å². The molecule has 0 spiro atoms. The van der Waals surface area contributed by atoms with Crippen molar-refractivity contribution in [3.8, 4) is 0 Å². The molecule has 0 aliphatic heterocycles. The minimum Gasteiger partial charge on any atom is -0.309 e. The Morgan fingerprint density at radius 2 is 1.72 bits per heavy atom. The second-order valence-corrected chi connectivity index (χ2v) is 7.02. The average Bonchev–Trinajstić information content (AvgIpc) is 2.99. The predicted molar refractivity (Wildman–Crippen MR) is 104 cm³/mol. The standard InChI is InChI=1S/C22H26N2O/c1-17(15-18-9-5-4-6-10-18)22(25)24-16-19(13-14-23(2)3)20-11-7-8-12-21(20)24/h4-12,16-17H,13-15H2,1-3H3. The Balaban J connectivity index is 1.88. The average molecular weight is 334 g/mol. The van der Waals surface area contributed by atoms with E-state index in [2.05, 4.69) is 37.2 Å². The van der Waals surface area contributed by atoms with Crippen LogP contribution in [0.25, 0.3) is 10.9 Å². The van der Waals surface area contributed by atoms with Crippen LogP contribution in [0.2, 0.25) is 0 Å². The number of fused-ring (bicyclic) bond motifs is 1. The van der Waals surface area contributed by atoms with Crippen molar-refractivity contribution in [2.24, 2.45) is 5.92 Å². The van der Waals surface area contributed by atoms with Crippen molar-refractivity contribution in [3.63, 3.8) is 0 Å². The summed E-state index contributed by atoms with van der Waals surface area (Å²) in [5, 5.41) is 1.18. The first kappa shape index (κ1) is 17.4. The minimum absolute atomic E-state index is 0.0556. The van der Waals surface area contributed by atoms with Gasteiger partial charge >= 0.3 is 0 Å². The maximum atomic E-state index is 13.1. The zero-order chi connectivity index (χ0) is 17.8. The Bertz CT molecular complexity index is 849. The quantitative estimate of drug-likeness (QED) is 0.673. The summed E-state index contributed by atoms with van der Waals surface area (Å²) < 4.78 is 1.86. The van der Waals surface area contributed by atoms with E-state index in [1.54, 1.807) is 0 Å². The second-order valence-electron chi connectivity index (χ2n) is 7.02. The number of benzene rings is 2. The summed E-state index contributed by atoms with van der Waals surface area (Å²) >= 11 is 0. The summed E-state index contributed by atoms with van der Waals surface area (Å²) in [6.07, 6.45) is 3.75. The largest absolute Gasteiger partial charge is 0.309 e. The van der Waals surface area contributed by atoms with Gasteiger partial charge in [0.15, 0.2) is 0 Å². The van der Waals surface area contributed by atoms with E-state index in [0.717, 1.165) is 24.9 Å². The number of nitrogens with zero attached hydrogens (tertiary/aromatic N) is 2. The Morgan fingerprint density at radius 1 is 1.04 bits per heavy atom. The van der Waals surface area contributed by atoms with Gasteiger partial charge in [-0.2, -0.15) is 0 Å². The van der Waals surface area contributed by atoms with Crippen LogP contribution in [0, 0.1) is 5.92 Å². The van der Waals surface area contributed by atoms with E-state index in [1.807, 2.05) is 54.1 Å². The van der Waals surface area contributed by atoms with Crippen LogP contribution in [0.5, 0.6) is 0 Å². The number of rotatable bonds is 6. The fourth-order valence-electron chi connectivity index (χ4n) is 3.27. The summed E-state index contributed by atoms with van der Waals surface area (Å²) in [5.74, 6) is 0.107. The van der Waals surface area contributed by atoms with Crippen molar-refractivity contribution in [2.45, 2.75) is 19.8 Å². The van der Waals surface area contributed by atoms with Gasteiger partial charge in [0.25, 0.3) is 0 Å². The summed E-state index contributed by atoms with van der Waals surface area (Å²) in [6.45, 7) is 2.99. The SMILES string of the molecule is CC(Cc1ccccc1)C(=O)n1cc(CCN(C)C)c2ccccc21. The molecule has 1 unspecified atom stereocenters. The van der Waals surface area contributed by atoms with Gasteiger partial charge in [-0.1, -0.05) is 55.5 Å². The first-order valence-corrected chi connectivity index (χ1v) is 8.88. The Labute approximate surface area is 149 Å². The summed E-state index contributed by atoms with van der Waals surface area (Å²) in [6, 6.07) is 18.4. The molecule has 3 rings (SSSR count). The van der Waals surface area contributed by atoms with Crippen molar-refractivity contribution in [1.82, 2.24) is 9.47 Å². The van der Waals surface area contributed by atoms with E-state index in [-0.39, 0.29) is 11.8 Å². The molecule has 0 bridgehead atoms. The van der Waals surface area contributed by atoms with Gasteiger partial charge in [-0.25, -0.2) is 0 Å². The van der Waals surface area contributed by atoms with Crippen LogP contribution >= 0.6 is 0 Å². The highest BCUT2D eigenvalue weighted by Crippen LogP contribution is 2.24. The van der Waals surface area contributed by atoms with E-state index >= 15 is 0 Å². The molecule has 2 aromatic carbocycles. The molecule has 25 heavy (non-hydrogen) atoms. The first-order chi connectivity index (χ1) is 12.1. The smallest absolute Gasteiger partial charge is 0.234 e. The molecule has 0 aliphatic carbocycles. The summed E-state index contributed by atoms with van der Waals surface area (Å²) in [4.78, 5) is 15.2. The highest BCUT2D eigenvalue weighted by atomic mass is 16.2. The molecule has 0 aliphatic rings. The van der Waals surface area contributed by atoms with Crippen LogP contribution in [0.1, 0.15) is 22.8 Å². The lowest BCUT2D eigenvalue weighted by atomic mass is 10.0. The Hall–Kier alpha value is -2.39. The highest BCUT2D eigenvalue weighted by molar-refractivity contribution is 5.95.